The first-order chi connectivity index (χ1) is 9.13. The normalized spacial score (nSPS) is 17.7. The van der Waals surface area contributed by atoms with Crippen molar-refractivity contribution < 1.29 is 19.1 Å². The molecule has 0 aromatic heterocycles. The third kappa shape index (κ3) is 2.86. The summed E-state index contributed by atoms with van der Waals surface area (Å²) < 4.78 is 10.1. The number of nitrogens with zero attached hydrogens (tertiary/aromatic N) is 1. The average molecular weight is 263 g/mol. The lowest BCUT2D eigenvalue weighted by Gasteiger charge is -2.32. The van der Waals surface area contributed by atoms with Crippen molar-refractivity contribution in [3.8, 4) is 5.75 Å². The highest BCUT2D eigenvalue weighted by molar-refractivity contribution is 5.99. The zero-order chi connectivity index (χ0) is 13.8. The second-order valence-electron chi connectivity index (χ2n) is 4.40. The molecule has 1 aromatic rings. The first-order valence-electron chi connectivity index (χ1n) is 6.27. The van der Waals surface area contributed by atoms with E-state index in [4.69, 9.17) is 4.74 Å². The summed E-state index contributed by atoms with van der Waals surface area (Å²) in [6, 6.07) is 7.41. The SMILES string of the molecule is COC(=O)CCCN1C(=O)C(C)Oc2ccccc21. The first kappa shape index (κ1) is 13.4. The smallest absolute Gasteiger partial charge is 0.305 e. The van der Waals surface area contributed by atoms with Crippen LogP contribution < -0.4 is 9.64 Å². The zero-order valence-electron chi connectivity index (χ0n) is 11.1. The van der Waals surface area contributed by atoms with Gasteiger partial charge < -0.3 is 14.4 Å². The molecule has 1 unspecified atom stereocenters. The van der Waals surface area contributed by atoms with Crippen molar-refractivity contribution in [3.63, 3.8) is 0 Å². The van der Waals surface area contributed by atoms with Crippen molar-refractivity contribution in [3.05, 3.63) is 24.3 Å². The van der Waals surface area contributed by atoms with E-state index in [1.165, 1.54) is 7.11 Å². The molecule has 0 saturated carbocycles. The van der Waals surface area contributed by atoms with Crippen LogP contribution in [0.25, 0.3) is 0 Å². The Kier molecular flexibility index (Phi) is 4.04. The maximum absolute atomic E-state index is 12.1. The van der Waals surface area contributed by atoms with Gasteiger partial charge in [-0.3, -0.25) is 9.59 Å². The number of rotatable bonds is 4. The number of anilines is 1. The maximum Gasteiger partial charge on any atom is 0.305 e. The molecule has 1 aliphatic rings. The number of hydrogen-bond acceptors (Lipinski definition) is 4. The topological polar surface area (TPSA) is 55.8 Å². The monoisotopic (exact) mass is 263 g/mol. The minimum Gasteiger partial charge on any atom is -0.479 e. The van der Waals surface area contributed by atoms with Gasteiger partial charge in [-0.1, -0.05) is 12.1 Å². The zero-order valence-corrected chi connectivity index (χ0v) is 11.1. The van der Waals surface area contributed by atoms with Gasteiger partial charge in [-0.2, -0.15) is 0 Å². The summed E-state index contributed by atoms with van der Waals surface area (Å²) in [4.78, 5) is 24.9. The molecule has 102 valence electrons. The second kappa shape index (κ2) is 5.73. The maximum atomic E-state index is 12.1. The fraction of sp³-hybridized carbons (Fsp3) is 0.429. The van der Waals surface area contributed by atoms with E-state index < -0.39 is 6.10 Å². The number of ether oxygens (including phenoxy) is 2. The Morgan fingerprint density at radius 1 is 1.42 bits per heavy atom. The van der Waals surface area contributed by atoms with Crippen LogP contribution in [0.3, 0.4) is 0 Å². The van der Waals surface area contributed by atoms with E-state index in [2.05, 4.69) is 4.74 Å². The number of esters is 1. The van der Waals surface area contributed by atoms with Gasteiger partial charge in [-0.15, -0.1) is 0 Å². The van der Waals surface area contributed by atoms with Gasteiger partial charge in [0.15, 0.2) is 6.10 Å². The molecule has 5 nitrogen and oxygen atoms in total. The molecule has 1 aliphatic heterocycles. The van der Waals surface area contributed by atoms with Gasteiger partial charge in [-0.25, -0.2) is 0 Å². The Balaban J connectivity index is 2.10. The molecular weight excluding hydrogens is 246 g/mol. The summed E-state index contributed by atoms with van der Waals surface area (Å²) >= 11 is 0. The van der Waals surface area contributed by atoms with Crippen LogP contribution in [-0.4, -0.2) is 31.6 Å². The van der Waals surface area contributed by atoms with E-state index >= 15 is 0 Å². The van der Waals surface area contributed by atoms with Crippen molar-refractivity contribution in [2.24, 2.45) is 0 Å². The Bertz CT molecular complexity index is 486. The molecule has 5 heteroatoms. The lowest BCUT2D eigenvalue weighted by atomic mass is 10.1. The summed E-state index contributed by atoms with van der Waals surface area (Å²) in [7, 11) is 1.36. The number of fused-ring (bicyclic) bond motifs is 1. The number of hydrogen-bond donors (Lipinski definition) is 0. The van der Waals surface area contributed by atoms with Crippen LogP contribution in [0, 0.1) is 0 Å². The largest absolute Gasteiger partial charge is 0.479 e. The van der Waals surface area contributed by atoms with Gasteiger partial charge in [-0.05, 0) is 25.5 Å². The number of carbonyl (C=O) groups excluding carboxylic acids is 2. The third-order valence-corrected chi connectivity index (χ3v) is 3.06. The van der Waals surface area contributed by atoms with Crippen LogP contribution in [-0.2, 0) is 14.3 Å². The van der Waals surface area contributed by atoms with E-state index in [1.54, 1.807) is 11.8 Å². The van der Waals surface area contributed by atoms with Gasteiger partial charge in [0.1, 0.15) is 5.75 Å². The number of carbonyl (C=O) groups is 2. The lowest BCUT2D eigenvalue weighted by molar-refractivity contribution is -0.140. The Morgan fingerprint density at radius 3 is 2.89 bits per heavy atom. The summed E-state index contributed by atoms with van der Waals surface area (Å²) in [5, 5.41) is 0. The van der Waals surface area contributed by atoms with E-state index in [0.717, 1.165) is 5.69 Å². The minimum atomic E-state index is -0.493. The summed E-state index contributed by atoms with van der Waals surface area (Å²) in [6.45, 7) is 2.21. The van der Waals surface area contributed by atoms with E-state index in [9.17, 15) is 9.59 Å². The van der Waals surface area contributed by atoms with Crippen LogP contribution >= 0.6 is 0 Å². The van der Waals surface area contributed by atoms with Crippen molar-refractivity contribution >= 4 is 17.6 Å². The molecule has 0 N–H and O–H groups in total. The van der Waals surface area contributed by atoms with Crippen LogP contribution in [0.4, 0.5) is 5.69 Å². The Morgan fingerprint density at radius 2 is 2.16 bits per heavy atom. The predicted molar refractivity (Wildman–Crippen MR) is 70.1 cm³/mol. The minimum absolute atomic E-state index is 0.0800. The van der Waals surface area contributed by atoms with E-state index in [1.807, 2.05) is 24.3 Å². The molecule has 1 heterocycles. The third-order valence-electron chi connectivity index (χ3n) is 3.06. The number of benzene rings is 1. The Labute approximate surface area is 112 Å². The van der Waals surface area contributed by atoms with Crippen molar-refractivity contribution in [2.75, 3.05) is 18.6 Å². The predicted octanol–water partition coefficient (Wildman–Crippen LogP) is 1.75. The first-order valence-corrected chi connectivity index (χ1v) is 6.27. The van der Waals surface area contributed by atoms with Crippen LogP contribution in [0.5, 0.6) is 5.75 Å². The van der Waals surface area contributed by atoms with Gasteiger partial charge in [0.25, 0.3) is 5.91 Å². The fourth-order valence-electron chi connectivity index (χ4n) is 2.07. The van der Waals surface area contributed by atoms with Gasteiger partial charge in [0.05, 0.1) is 12.8 Å². The average Bonchev–Trinajstić information content (AvgIpc) is 2.42. The number of amides is 1. The van der Waals surface area contributed by atoms with Crippen LogP contribution in [0.1, 0.15) is 19.8 Å². The van der Waals surface area contributed by atoms with Gasteiger partial charge in [0, 0.05) is 13.0 Å². The molecule has 1 amide bonds. The summed E-state index contributed by atoms with van der Waals surface area (Å²) in [5.41, 5.74) is 0.760. The second-order valence-corrected chi connectivity index (χ2v) is 4.40. The Hall–Kier alpha value is -2.04. The van der Waals surface area contributed by atoms with Crippen LogP contribution in [0.15, 0.2) is 24.3 Å². The summed E-state index contributed by atoms with van der Waals surface area (Å²) in [5.74, 6) is 0.360. The van der Waals surface area contributed by atoms with Crippen molar-refractivity contribution in [2.45, 2.75) is 25.9 Å². The summed E-state index contributed by atoms with van der Waals surface area (Å²) in [6.07, 6.45) is 0.380. The highest BCUT2D eigenvalue weighted by atomic mass is 16.5. The van der Waals surface area contributed by atoms with E-state index in [0.29, 0.717) is 25.1 Å². The van der Waals surface area contributed by atoms with Crippen molar-refractivity contribution in [1.29, 1.82) is 0 Å². The number of para-hydroxylation sites is 2. The fourth-order valence-corrected chi connectivity index (χ4v) is 2.07. The highest BCUT2D eigenvalue weighted by Crippen LogP contribution is 2.33. The molecular formula is C14H17NO4. The van der Waals surface area contributed by atoms with E-state index in [-0.39, 0.29) is 11.9 Å². The highest BCUT2D eigenvalue weighted by Gasteiger charge is 2.30. The molecule has 0 fully saturated rings. The van der Waals surface area contributed by atoms with Gasteiger partial charge >= 0.3 is 5.97 Å². The van der Waals surface area contributed by atoms with Gasteiger partial charge in [0.2, 0.25) is 0 Å². The molecule has 2 rings (SSSR count). The molecule has 1 aromatic carbocycles. The molecule has 0 aliphatic carbocycles. The quantitative estimate of drug-likeness (QED) is 0.777. The molecule has 0 radical (unpaired) electrons. The lowest BCUT2D eigenvalue weighted by Crippen LogP contribution is -2.44. The standard InChI is InChI=1S/C14H17NO4/c1-10-14(17)15(9-5-8-13(16)18-2)11-6-3-4-7-12(11)19-10/h3-4,6-7,10H,5,8-9H2,1-2H3. The molecule has 0 saturated heterocycles. The van der Waals surface area contributed by atoms with Crippen LogP contribution in [0.2, 0.25) is 0 Å². The molecule has 0 spiro atoms. The molecule has 1 atom stereocenters. The molecule has 19 heavy (non-hydrogen) atoms. The molecule has 0 bridgehead atoms. The van der Waals surface area contributed by atoms with Crippen molar-refractivity contribution in [1.82, 2.24) is 0 Å². The number of methoxy groups -OCH3 is 1.